The lowest BCUT2D eigenvalue weighted by Crippen LogP contribution is -2.24. The molecule has 1 amide bonds. The molecule has 1 heterocycles. The molecule has 1 N–H and O–H groups in total. The number of nitrogens with zero attached hydrogens (tertiary/aromatic N) is 4. The monoisotopic (exact) mass is 350 g/mol. The fourth-order valence-corrected chi connectivity index (χ4v) is 2.68. The van der Waals surface area contributed by atoms with E-state index in [0.717, 1.165) is 22.6 Å². The van der Waals surface area contributed by atoms with Gasteiger partial charge in [-0.2, -0.15) is 5.21 Å². The molecular weight excluding hydrogens is 330 g/mol. The van der Waals surface area contributed by atoms with Gasteiger partial charge in [0.2, 0.25) is 5.91 Å². The van der Waals surface area contributed by atoms with E-state index in [2.05, 4.69) is 25.9 Å². The van der Waals surface area contributed by atoms with Gasteiger partial charge in [-0.15, -0.1) is 0 Å². The zero-order valence-electron chi connectivity index (χ0n) is 14.9. The van der Waals surface area contributed by atoms with Crippen molar-refractivity contribution in [3.63, 3.8) is 0 Å². The van der Waals surface area contributed by atoms with E-state index in [1.165, 1.54) is 5.56 Å². The van der Waals surface area contributed by atoms with E-state index >= 15 is 0 Å². The van der Waals surface area contributed by atoms with Crippen molar-refractivity contribution in [2.24, 2.45) is 0 Å². The molecule has 1 aromatic heterocycles. The van der Waals surface area contributed by atoms with Gasteiger partial charge in [0.15, 0.2) is 0 Å². The number of rotatable bonds is 6. The molecule has 0 saturated carbocycles. The number of tetrazole rings is 1. The number of nitrogens with one attached hydrogen (secondary N) is 1. The number of amides is 1. The van der Waals surface area contributed by atoms with Crippen molar-refractivity contribution in [3.05, 3.63) is 65.0 Å². The van der Waals surface area contributed by atoms with Gasteiger partial charge >= 0.3 is 0 Å². The van der Waals surface area contributed by atoms with Crippen LogP contribution in [-0.4, -0.2) is 28.5 Å². The third-order valence-corrected chi connectivity index (χ3v) is 4.31. The van der Waals surface area contributed by atoms with Gasteiger partial charge in [-0.1, -0.05) is 18.2 Å². The zero-order valence-corrected chi connectivity index (χ0v) is 14.9. The first-order chi connectivity index (χ1) is 12.6. The van der Waals surface area contributed by atoms with E-state index in [-0.39, 0.29) is 5.91 Å². The Bertz CT molecular complexity index is 893. The zero-order chi connectivity index (χ0) is 18.5. The molecular formula is C19H20N5O2-. The van der Waals surface area contributed by atoms with Gasteiger partial charge < -0.3 is 15.2 Å². The summed E-state index contributed by atoms with van der Waals surface area (Å²) < 4.78 is 5.25. The highest BCUT2D eigenvalue weighted by atomic mass is 16.5. The van der Waals surface area contributed by atoms with E-state index in [1.807, 2.05) is 56.3 Å². The number of hydrogen-bond donors (Lipinski definition) is 1. The average molecular weight is 350 g/mol. The molecule has 0 unspecified atom stereocenters. The Hall–Kier alpha value is -3.22. The van der Waals surface area contributed by atoms with Crippen LogP contribution in [-0.2, 0) is 11.2 Å². The number of anilines is 1. The van der Waals surface area contributed by atoms with Crippen LogP contribution in [0.4, 0.5) is 5.69 Å². The summed E-state index contributed by atoms with van der Waals surface area (Å²) in [6.07, 6.45) is 0.418. The maximum atomic E-state index is 12.9. The van der Waals surface area contributed by atoms with Crippen LogP contribution in [0.1, 0.15) is 28.4 Å². The summed E-state index contributed by atoms with van der Waals surface area (Å²) in [5, 5.41) is 17.7. The van der Waals surface area contributed by atoms with E-state index in [4.69, 9.17) is 4.74 Å². The van der Waals surface area contributed by atoms with Crippen LogP contribution in [0.5, 0.6) is 5.75 Å². The quantitative estimate of drug-likeness (QED) is 0.734. The van der Waals surface area contributed by atoms with Crippen LogP contribution >= 0.6 is 0 Å². The molecule has 0 aliphatic carbocycles. The molecule has 0 aliphatic rings. The van der Waals surface area contributed by atoms with Gasteiger partial charge in [0, 0.05) is 11.5 Å². The summed E-state index contributed by atoms with van der Waals surface area (Å²) in [6, 6.07) is 13.4. The lowest BCUT2D eigenvalue weighted by molar-refractivity contribution is -0.117. The number of aromatic nitrogens is 4. The second-order valence-electron chi connectivity index (χ2n) is 6.13. The molecule has 0 radical (unpaired) electrons. The summed E-state index contributed by atoms with van der Waals surface area (Å²) in [6.45, 7) is 4.04. The third kappa shape index (κ3) is 4.05. The first-order valence-corrected chi connectivity index (χ1v) is 8.26. The molecule has 3 aromatic rings. The fraction of sp³-hybridized carbons (Fsp3) is 0.263. The Morgan fingerprint density at radius 3 is 2.73 bits per heavy atom. The summed E-state index contributed by atoms with van der Waals surface area (Å²) >= 11 is 0. The van der Waals surface area contributed by atoms with Crippen molar-refractivity contribution in [2.75, 3.05) is 12.4 Å². The molecule has 0 saturated heterocycles. The Morgan fingerprint density at radius 2 is 2.04 bits per heavy atom. The van der Waals surface area contributed by atoms with Crippen LogP contribution in [0, 0.1) is 13.8 Å². The number of aryl methyl sites for hydroxylation is 2. The first-order valence-electron chi connectivity index (χ1n) is 8.26. The summed E-state index contributed by atoms with van der Waals surface area (Å²) in [7, 11) is 1.61. The molecule has 0 fully saturated rings. The lowest BCUT2D eigenvalue weighted by Gasteiger charge is -2.18. The van der Waals surface area contributed by atoms with Crippen molar-refractivity contribution in [1.29, 1.82) is 0 Å². The second kappa shape index (κ2) is 7.77. The summed E-state index contributed by atoms with van der Waals surface area (Å²) in [4.78, 5) is 12.9. The topological polar surface area (TPSA) is 91.1 Å². The predicted molar refractivity (Wildman–Crippen MR) is 97.1 cm³/mol. The van der Waals surface area contributed by atoms with E-state index < -0.39 is 5.92 Å². The van der Waals surface area contributed by atoms with Crippen LogP contribution in [0.15, 0.2) is 42.5 Å². The molecule has 0 spiro atoms. The number of ether oxygens (including phenoxy) is 1. The molecule has 1 atom stereocenters. The van der Waals surface area contributed by atoms with E-state index in [9.17, 15) is 4.79 Å². The highest BCUT2D eigenvalue weighted by molar-refractivity contribution is 5.95. The molecule has 3 rings (SSSR count). The molecule has 2 aromatic carbocycles. The highest BCUT2D eigenvalue weighted by Gasteiger charge is 2.21. The van der Waals surface area contributed by atoms with E-state index in [0.29, 0.717) is 12.2 Å². The highest BCUT2D eigenvalue weighted by Crippen LogP contribution is 2.23. The standard InChI is InChI=1S/C19H21N5O2/c1-12-7-8-15(9-13(12)2)20-19(25)17(18-21-23-24-22-18)11-14-5-4-6-16(10-14)26-3/h4-10,17H,11H2,1-3H3,(H2,20,21,22,23,24,25)/p-1/t17-/m1/s1. The van der Waals surface area contributed by atoms with Crippen molar-refractivity contribution in [1.82, 2.24) is 20.6 Å². The van der Waals surface area contributed by atoms with Crippen LogP contribution < -0.4 is 15.2 Å². The largest absolute Gasteiger partial charge is 0.497 e. The van der Waals surface area contributed by atoms with Gasteiger partial charge in [0.25, 0.3) is 0 Å². The normalized spacial score (nSPS) is 11.8. The van der Waals surface area contributed by atoms with Crippen molar-refractivity contribution in [2.45, 2.75) is 26.2 Å². The SMILES string of the molecule is COc1cccc(C[C@@H](C(=O)Nc2ccc(C)c(C)c2)c2nnn[n-]2)c1. The van der Waals surface area contributed by atoms with Gasteiger partial charge in [-0.3, -0.25) is 15.1 Å². The minimum absolute atomic E-state index is 0.203. The Labute approximate surface area is 151 Å². The average Bonchev–Trinajstić information content (AvgIpc) is 3.17. The van der Waals surface area contributed by atoms with Gasteiger partial charge in [0.1, 0.15) is 5.75 Å². The number of benzene rings is 2. The third-order valence-electron chi connectivity index (χ3n) is 4.31. The van der Waals surface area contributed by atoms with E-state index in [1.54, 1.807) is 7.11 Å². The lowest BCUT2D eigenvalue weighted by atomic mass is 9.97. The molecule has 7 heteroatoms. The molecule has 7 nitrogen and oxygen atoms in total. The van der Waals surface area contributed by atoms with Gasteiger partial charge in [-0.05, 0) is 61.2 Å². The minimum Gasteiger partial charge on any atom is -0.497 e. The van der Waals surface area contributed by atoms with Crippen LogP contribution in [0.25, 0.3) is 0 Å². The number of carbonyl (C=O) groups is 1. The van der Waals surface area contributed by atoms with Crippen LogP contribution in [0.2, 0.25) is 0 Å². The smallest absolute Gasteiger partial charge is 0.232 e. The fourth-order valence-electron chi connectivity index (χ4n) is 2.68. The minimum atomic E-state index is -0.598. The predicted octanol–water partition coefficient (Wildman–Crippen LogP) is 2.42. The first kappa shape index (κ1) is 17.6. The second-order valence-corrected chi connectivity index (χ2v) is 6.13. The number of hydrogen-bond acceptors (Lipinski definition) is 5. The van der Waals surface area contributed by atoms with Crippen LogP contribution in [0.3, 0.4) is 0 Å². The Balaban J connectivity index is 1.83. The van der Waals surface area contributed by atoms with Crippen molar-refractivity contribution in [3.8, 4) is 5.75 Å². The Morgan fingerprint density at radius 1 is 1.19 bits per heavy atom. The maximum Gasteiger partial charge on any atom is 0.232 e. The Kier molecular flexibility index (Phi) is 5.26. The number of carbonyl (C=O) groups excluding carboxylic acids is 1. The molecule has 0 bridgehead atoms. The molecule has 0 aliphatic heterocycles. The summed E-state index contributed by atoms with van der Waals surface area (Å²) in [5.74, 6) is 0.231. The summed E-state index contributed by atoms with van der Waals surface area (Å²) in [5.41, 5.74) is 3.96. The van der Waals surface area contributed by atoms with Gasteiger partial charge in [-0.25, -0.2) is 0 Å². The van der Waals surface area contributed by atoms with Crippen molar-refractivity contribution >= 4 is 11.6 Å². The van der Waals surface area contributed by atoms with Crippen molar-refractivity contribution < 1.29 is 9.53 Å². The van der Waals surface area contributed by atoms with Gasteiger partial charge in [0.05, 0.1) is 13.0 Å². The molecule has 26 heavy (non-hydrogen) atoms. The maximum absolute atomic E-state index is 12.9. The molecule has 134 valence electrons. The number of methoxy groups -OCH3 is 1.